The van der Waals surface area contributed by atoms with Crippen LogP contribution in [-0.2, 0) is 11.3 Å². The van der Waals surface area contributed by atoms with E-state index in [1.54, 1.807) is 12.3 Å². The molecule has 8 heteroatoms. The van der Waals surface area contributed by atoms with Crippen LogP contribution in [0.15, 0.2) is 41.3 Å². The Morgan fingerprint density at radius 2 is 2.00 bits per heavy atom. The third kappa shape index (κ3) is 3.39. The summed E-state index contributed by atoms with van der Waals surface area (Å²) >= 11 is 11.6. The fraction of sp³-hybridized carbons (Fsp3) is 0.125. The summed E-state index contributed by atoms with van der Waals surface area (Å²) in [6.07, 6.45) is 1.69. The highest BCUT2D eigenvalue weighted by molar-refractivity contribution is 6.34. The fourth-order valence-electron chi connectivity index (χ4n) is 2.10. The minimum Gasteiger partial charge on any atom is -0.454 e. The van der Waals surface area contributed by atoms with Crippen LogP contribution in [-0.4, -0.2) is 20.3 Å². The minimum absolute atomic E-state index is 0.0858. The molecular weight excluding hydrogens is 353 g/mol. The summed E-state index contributed by atoms with van der Waals surface area (Å²) in [6.45, 7) is 1.70. The van der Waals surface area contributed by atoms with Gasteiger partial charge in [-0.2, -0.15) is 0 Å². The molecule has 0 spiro atoms. The van der Waals surface area contributed by atoms with Crippen molar-refractivity contribution in [1.29, 1.82) is 0 Å². The van der Waals surface area contributed by atoms with E-state index in [-0.39, 0.29) is 28.0 Å². The molecule has 0 saturated heterocycles. The summed E-state index contributed by atoms with van der Waals surface area (Å²) in [5, 5.41) is 0.259. The van der Waals surface area contributed by atoms with Gasteiger partial charge in [-0.15, -0.1) is 0 Å². The van der Waals surface area contributed by atoms with Crippen molar-refractivity contribution in [2.45, 2.75) is 13.5 Å². The van der Waals surface area contributed by atoms with E-state index in [9.17, 15) is 9.59 Å². The number of carbonyl (C=O) groups is 1. The lowest BCUT2D eigenvalue weighted by Crippen LogP contribution is -2.17. The van der Waals surface area contributed by atoms with Gasteiger partial charge in [-0.05, 0) is 30.7 Å². The highest BCUT2D eigenvalue weighted by atomic mass is 35.5. The van der Waals surface area contributed by atoms with Gasteiger partial charge in [0.25, 0.3) is 5.56 Å². The molecule has 0 aliphatic heterocycles. The van der Waals surface area contributed by atoms with Crippen molar-refractivity contribution in [3.05, 3.63) is 74.0 Å². The lowest BCUT2D eigenvalue weighted by molar-refractivity contribution is 0.0461. The third-order valence-corrected chi connectivity index (χ3v) is 3.73. The van der Waals surface area contributed by atoms with Gasteiger partial charge in [-0.3, -0.25) is 9.20 Å². The highest BCUT2D eigenvalue weighted by Gasteiger charge is 2.15. The van der Waals surface area contributed by atoms with Gasteiger partial charge in [0, 0.05) is 12.3 Å². The Hall–Kier alpha value is -2.44. The molecule has 3 heterocycles. The normalized spacial score (nSPS) is 10.8. The van der Waals surface area contributed by atoms with E-state index < -0.39 is 5.97 Å². The number of rotatable bonds is 3. The van der Waals surface area contributed by atoms with Crippen LogP contribution in [0.25, 0.3) is 5.65 Å². The Morgan fingerprint density at radius 3 is 2.79 bits per heavy atom. The average Bonchev–Trinajstić information content (AvgIpc) is 2.55. The van der Waals surface area contributed by atoms with Crippen LogP contribution < -0.4 is 5.56 Å². The number of nitrogens with zero attached hydrogens (tertiary/aromatic N) is 3. The van der Waals surface area contributed by atoms with Crippen LogP contribution in [0.2, 0.25) is 10.2 Å². The van der Waals surface area contributed by atoms with Crippen LogP contribution in [0, 0.1) is 6.92 Å². The average molecular weight is 364 g/mol. The van der Waals surface area contributed by atoms with Crippen molar-refractivity contribution < 1.29 is 9.53 Å². The number of halogens is 2. The van der Waals surface area contributed by atoms with Gasteiger partial charge in [0.15, 0.2) is 5.69 Å². The van der Waals surface area contributed by atoms with Crippen LogP contribution in [0.1, 0.15) is 21.7 Å². The summed E-state index contributed by atoms with van der Waals surface area (Å²) in [7, 11) is 0. The molecule has 6 nitrogen and oxygen atoms in total. The first-order chi connectivity index (χ1) is 11.4. The fourth-order valence-corrected chi connectivity index (χ4v) is 2.43. The van der Waals surface area contributed by atoms with Crippen molar-refractivity contribution >= 4 is 34.8 Å². The van der Waals surface area contributed by atoms with Gasteiger partial charge in [0.05, 0.1) is 10.7 Å². The molecule has 3 aromatic rings. The lowest BCUT2D eigenvalue weighted by atomic mass is 10.3. The van der Waals surface area contributed by atoms with Gasteiger partial charge < -0.3 is 4.74 Å². The SMILES string of the molecule is Cc1ccc2nc(COC(=O)c3nc(Cl)ccc3Cl)cc(=O)n2c1. The van der Waals surface area contributed by atoms with Crippen LogP contribution in [0.3, 0.4) is 0 Å². The van der Waals surface area contributed by atoms with Gasteiger partial charge in [-0.1, -0.05) is 29.3 Å². The Morgan fingerprint density at radius 1 is 1.21 bits per heavy atom. The molecule has 0 unspecified atom stereocenters. The van der Waals surface area contributed by atoms with Crippen molar-refractivity contribution in [2.75, 3.05) is 0 Å². The second kappa shape index (κ2) is 6.59. The van der Waals surface area contributed by atoms with Crippen LogP contribution in [0.4, 0.5) is 0 Å². The maximum absolute atomic E-state index is 12.1. The summed E-state index contributed by atoms with van der Waals surface area (Å²) in [4.78, 5) is 32.3. The summed E-state index contributed by atoms with van der Waals surface area (Å²) in [5.41, 5.74) is 1.40. The number of aryl methyl sites for hydroxylation is 1. The number of pyridine rings is 2. The smallest absolute Gasteiger partial charge is 0.358 e. The zero-order valence-electron chi connectivity index (χ0n) is 12.5. The summed E-state index contributed by atoms with van der Waals surface area (Å²) < 4.78 is 6.55. The summed E-state index contributed by atoms with van der Waals surface area (Å²) in [5.74, 6) is -0.742. The van der Waals surface area contributed by atoms with E-state index in [4.69, 9.17) is 27.9 Å². The number of hydrogen-bond acceptors (Lipinski definition) is 5. The third-order valence-electron chi connectivity index (χ3n) is 3.22. The molecule has 0 aliphatic carbocycles. The molecule has 0 amide bonds. The molecule has 24 heavy (non-hydrogen) atoms. The number of hydrogen-bond donors (Lipinski definition) is 0. The largest absolute Gasteiger partial charge is 0.454 e. The van der Waals surface area contributed by atoms with E-state index in [0.29, 0.717) is 11.3 Å². The number of ether oxygens (including phenoxy) is 1. The van der Waals surface area contributed by atoms with Crippen molar-refractivity contribution in [1.82, 2.24) is 14.4 Å². The topological polar surface area (TPSA) is 73.6 Å². The molecule has 3 aromatic heterocycles. The second-order valence-electron chi connectivity index (χ2n) is 5.06. The van der Waals surface area contributed by atoms with Gasteiger partial charge in [0.2, 0.25) is 0 Å². The molecule has 0 aliphatic rings. The Balaban J connectivity index is 1.83. The van der Waals surface area contributed by atoms with Gasteiger partial charge in [-0.25, -0.2) is 14.8 Å². The van der Waals surface area contributed by atoms with E-state index in [1.165, 1.54) is 22.6 Å². The van der Waals surface area contributed by atoms with Crippen molar-refractivity contribution in [2.24, 2.45) is 0 Å². The lowest BCUT2D eigenvalue weighted by Gasteiger charge is -2.07. The molecule has 0 bridgehead atoms. The molecule has 0 N–H and O–H groups in total. The second-order valence-corrected chi connectivity index (χ2v) is 5.86. The Bertz CT molecular complexity index is 1000. The predicted molar refractivity (Wildman–Crippen MR) is 89.6 cm³/mol. The molecule has 0 saturated carbocycles. The number of fused-ring (bicyclic) bond motifs is 1. The molecule has 0 aromatic carbocycles. The first-order valence-electron chi connectivity index (χ1n) is 6.92. The van der Waals surface area contributed by atoms with Gasteiger partial charge >= 0.3 is 5.97 Å². The molecule has 3 rings (SSSR count). The Labute approximate surface area is 146 Å². The van der Waals surface area contributed by atoms with Crippen molar-refractivity contribution in [3.63, 3.8) is 0 Å². The maximum atomic E-state index is 12.1. The van der Waals surface area contributed by atoms with Gasteiger partial charge in [0.1, 0.15) is 17.4 Å². The van der Waals surface area contributed by atoms with Crippen molar-refractivity contribution in [3.8, 4) is 0 Å². The first kappa shape index (κ1) is 16.4. The monoisotopic (exact) mass is 363 g/mol. The Kier molecular flexibility index (Phi) is 4.51. The van der Waals surface area contributed by atoms with Crippen LogP contribution >= 0.6 is 23.2 Å². The van der Waals surface area contributed by atoms with E-state index in [1.807, 2.05) is 13.0 Å². The zero-order valence-corrected chi connectivity index (χ0v) is 14.0. The zero-order chi connectivity index (χ0) is 17.3. The van der Waals surface area contributed by atoms with Crippen LogP contribution in [0.5, 0.6) is 0 Å². The first-order valence-corrected chi connectivity index (χ1v) is 7.68. The molecule has 0 radical (unpaired) electrons. The predicted octanol–water partition coefficient (Wildman–Crippen LogP) is 3.06. The number of aromatic nitrogens is 3. The van der Waals surface area contributed by atoms with E-state index in [2.05, 4.69) is 9.97 Å². The quantitative estimate of drug-likeness (QED) is 0.528. The number of esters is 1. The van der Waals surface area contributed by atoms with E-state index in [0.717, 1.165) is 5.56 Å². The standard InChI is InChI=1S/C16H11Cl2N3O3/c1-9-2-5-13-19-10(6-14(22)21(13)7-9)8-24-16(23)15-11(17)3-4-12(18)20-15/h2-7H,8H2,1H3. The minimum atomic E-state index is -0.742. The highest BCUT2D eigenvalue weighted by Crippen LogP contribution is 2.18. The molecule has 0 atom stereocenters. The maximum Gasteiger partial charge on any atom is 0.358 e. The summed E-state index contributed by atoms with van der Waals surface area (Å²) in [6, 6.07) is 7.79. The molecule has 0 fully saturated rings. The van der Waals surface area contributed by atoms with E-state index >= 15 is 0 Å². The molecule has 122 valence electrons. The number of carbonyl (C=O) groups excluding carboxylic acids is 1. The molecular formula is C16H11Cl2N3O3.